The van der Waals surface area contributed by atoms with E-state index in [4.69, 9.17) is 15.1 Å². The number of aromatic nitrogens is 2. The topological polar surface area (TPSA) is 63.1 Å². The van der Waals surface area contributed by atoms with Gasteiger partial charge < -0.3 is 5.11 Å². The second-order valence-electron chi connectivity index (χ2n) is 7.32. The second kappa shape index (κ2) is 8.79. The van der Waals surface area contributed by atoms with Crippen LogP contribution in [0, 0.1) is 0 Å². The number of aromatic carboxylic acids is 1. The van der Waals surface area contributed by atoms with Crippen LogP contribution in [0.3, 0.4) is 0 Å². The van der Waals surface area contributed by atoms with Crippen molar-refractivity contribution in [3.63, 3.8) is 0 Å². The normalized spacial score (nSPS) is 11.0. The van der Waals surface area contributed by atoms with E-state index in [0.717, 1.165) is 47.5 Å². The molecule has 0 unspecified atom stereocenters. The number of carbonyl (C=O) groups is 1. The van der Waals surface area contributed by atoms with Crippen LogP contribution in [0.2, 0.25) is 0 Å². The van der Waals surface area contributed by atoms with Crippen molar-refractivity contribution >= 4 is 5.97 Å². The molecule has 1 N–H and O–H groups in total. The van der Waals surface area contributed by atoms with Gasteiger partial charge in [-0.1, -0.05) is 63.6 Å². The van der Waals surface area contributed by atoms with E-state index in [0.29, 0.717) is 5.92 Å². The van der Waals surface area contributed by atoms with E-state index in [2.05, 4.69) is 45.0 Å². The molecule has 0 aliphatic rings. The van der Waals surface area contributed by atoms with Gasteiger partial charge in [0.15, 0.2) is 0 Å². The molecule has 4 nitrogen and oxygen atoms in total. The number of benzene rings is 2. The van der Waals surface area contributed by atoms with Crippen molar-refractivity contribution in [1.29, 1.82) is 0 Å². The zero-order valence-corrected chi connectivity index (χ0v) is 16.6. The Morgan fingerprint density at radius 1 is 0.964 bits per heavy atom. The number of aryl methyl sites for hydroxylation is 1. The molecule has 0 aliphatic heterocycles. The Kier molecular flexibility index (Phi) is 6.19. The molecule has 3 rings (SSSR count). The fraction of sp³-hybridized carbons (Fsp3) is 0.292. The van der Waals surface area contributed by atoms with Crippen LogP contribution in [0.25, 0.3) is 22.5 Å². The second-order valence-corrected chi connectivity index (χ2v) is 7.32. The molecule has 0 amide bonds. The van der Waals surface area contributed by atoms with Crippen molar-refractivity contribution < 1.29 is 9.90 Å². The van der Waals surface area contributed by atoms with Gasteiger partial charge in [-0.2, -0.15) is 0 Å². The minimum Gasteiger partial charge on any atom is -0.478 e. The first-order valence-corrected chi connectivity index (χ1v) is 9.79. The molecule has 4 heteroatoms. The monoisotopic (exact) mass is 374 g/mol. The summed E-state index contributed by atoms with van der Waals surface area (Å²) in [4.78, 5) is 20.8. The SMILES string of the molecule is CCCCc1cnc(-c2ccc(C(C)C)cc2)c(-c2ccc(C(=O)O)cc2)n1. The minimum atomic E-state index is -0.932. The van der Waals surface area contributed by atoms with E-state index in [1.807, 2.05) is 18.3 Å². The molecule has 2 aromatic carbocycles. The number of nitrogens with zero attached hydrogens (tertiary/aromatic N) is 2. The van der Waals surface area contributed by atoms with Crippen LogP contribution in [0.15, 0.2) is 54.7 Å². The first kappa shape index (κ1) is 19.7. The smallest absolute Gasteiger partial charge is 0.335 e. The molecule has 1 heterocycles. The van der Waals surface area contributed by atoms with Gasteiger partial charge in [-0.25, -0.2) is 9.78 Å². The lowest BCUT2D eigenvalue weighted by Gasteiger charge is -2.12. The fourth-order valence-corrected chi connectivity index (χ4v) is 3.11. The average molecular weight is 374 g/mol. The molecule has 0 saturated heterocycles. The van der Waals surface area contributed by atoms with Gasteiger partial charge in [0.25, 0.3) is 0 Å². The predicted octanol–water partition coefficient (Wildman–Crippen LogP) is 5.97. The summed E-state index contributed by atoms with van der Waals surface area (Å²) >= 11 is 0. The zero-order valence-electron chi connectivity index (χ0n) is 16.6. The van der Waals surface area contributed by atoms with E-state index >= 15 is 0 Å². The first-order chi connectivity index (χ1) is 13.5. The maximum atomic E-state index is 11.2. The Morgan fingerprint density at radius 2 is 1.57 bits per heavy atom. The molecule has 0 atom stereocenters. The number of carboxylic acids is 1. The predicted molar refractivity (Wildman–Crippen MR) is 113 cm³/mol. The molecule has 144 valence electrons. The van der Waals surface area contributed by atoms with E-state index < -0.39 is 5.97 Å². The van der Waals surface area contributed by atoms with Gasteiger partial charge in [0.05, 0.1) is 22.6 Å². The summed E-state index contributed by atoms with van der Waals surface area (Å²) in [5.41, 5.74) is 6.00. The van der Waals surface area contributed by atoms with Crippen molar-refractivity contribution in [1.82, 2.24) is 9.97 Å². The molecule has 0 fully saturated rings. The van der Waals surface area contributed by atoms with Crippen LogP contribution in [0.1, 0.15) is 61.1 Å². The Balaban J connectivity index is 2.06. The van der Waals surface area contributed by atoms with Gasteiger partial charge in [0.1, 0.15) is 0 Å². The summed E-state index contributed by atoms with van der Waals surface area (Å²) in [7, 11) is 0. The van der Waals surface area contributed by atoms with Crippen LogP contribution in [-0.2, 0) is 6.42 Å². The lowest BCUT2D eigenvalue weighted by Crippen LogP contribution is -2.00. The largest absolute Gasteiger partial charge is 0.478 e. The third kappa shape index (κ3) is 4.45. The van der Waals surface area contributed by atoms with Gasteiger partial charge in [-0.15, -0.1) is 0 Å². The number of hydrogen-bond donors (Lipinski definition) is 1. The lowest BCUT2D eigenvalue weighted by molar-refractivity contribution is 0.0697. The molecular formula is C24H26N2O2. The summed E-state index contributed by atoms with van der Waals surface area (Å²) in [5.74, 6) is -0.460. The number of carboxylic acid groups (broad SMARTS) is 1. The van der Waals surface area contributed by atoms with Crippen LogP contribution in [0.5, 0.6) is 0 Å². The standard InChI is InChI=1S/C24H26N2O2/c1-4-5-6-21-15-25-22(18-9-7-17(8-10-18)16(2)3)23(26-21)19-11-13-20(14-12-19)24(27)28/h7-16H,4-6H2,1-3H3,(H,27,28). The highest BCUT2D eigenvalue weighted by Crippen LogP contribution is 2.30. The third-order valence-electron chi connectivity index (χ3n) is 4.86. The van der Waals surface area contributed by atoms with E-state index in [9.17, 15) is 4.79 Å². The highest BCUT2D eigenvalue weighted by atomic mass is 16.4. The Labute approximate surface area is 166 Å². The maximum absolute atomic E-state index is 11.2. The van der Waals surface area contributed by atoms with Gasteiger partial charge in [0, 0.05) is 17.3 Å². The van der Waals surface area contributed by atoms with E-state index in [-0.39, 0.29) is 5.56 Å². The summed E-state index contributed by atoms with van der Waals surface area (Å²) < 4.78 is 0. The third-order valence-corrected chi connectivity index (χ3v) is 4.86. The molecule has 28 heavy (non-hydrogen) atoms. The van der Waals surface area contributed by atoms with Crippen LogP contribution in [0.4, 0.5) is 0 Å². The summed E-state index contributed by atoms with van der Waals surface area (Å²) in [6.07, 6.45) is 4.91. The fourth-order valence-electron chi connectivity index (χ4n) is 3.11. The quantitative estimate of drug-likeness (QED) is 0.553. The highest BCUT2D eigenvalue weighted by Gasteiger charge is 2.14. The number of rotatable bonds is 7. The maximum Gasteiger partial charge on any atom is 0.335 e. The van der Waals surface area contributed by atoms with Crippen molar-refractivity contribution in [2.24, 2.45) is 0 Å². The minimum absolute atomic E-state index is 0.265. The van der Waals surface area contributed by atoms with Crippen molar-refractivity contribution in [3.05, 3.63) is 71.5 Å². The Bertz CT molecular complexity index is 945. The zero-order chi connectivity index (χ0) is 20.1. The number of hydrogen-bond acceptors (Lipinski definition) is 3. The molecule has 0 aliphatic carbocycles. The van der Waals surface area contributed by atoms with Gasteiger partial charge in [-0.3, -0.25) is 4.98 Å². The van der Waals surface area contributed by atoms with Crippen LogP contribution < -0.4 is 0 Å². The van der Waals surface area contributed by atoms with E-state index in [1.54, 1.807) is 12.1 Å². The van der Waals surface area contributed by atoms with Crippen LogP contribution >= 0.6 is 0 Å². The summed E-state index contributed by atoms with van der Waals surface area (Å²) in [5, 5.41) is 9.16. The first-order valence-electron chi connectivity index (χ1n) is 9.79. The van der Waals surface area contributed by atoms with Crippen molar-refractivity contribution in [2.45, 2.75) is 46.0 Å². The van der Waals surface area contributed by atoms with Gasteiger partial charge in [0.2, 0.25) is 0 Å². The molecule has 1 aromatic heterocycles. The summed E-state index contributed by atoms with van der Waals surface area (Å²) in [6.45, 7) is 6.50. The molecule has 0 saturated carbocycles. The molecule has 3 aromatic rings. The lowest BCUT2D eigenvalue weighted by atomic mass is 9.98. The molecule has 0 radical (unpaired) electrons. The summed E-state index contributed by atoms with van der Waals surface area (Å²) in [6, 6.07) is 15.3. The van der Waals surface area contributed by atoms with Gasteiger partial charge >= 0.3 is 5.97 Å². The Morgan fingerprint density at radius 3 is 2.14 bits per heavy atom. The molecular weight excluding hydrogens is 348 g/mol. The van der Waals surface area contributed by atoms with Gasteiger partial charge in [-0.05, 0) is 36.5 Å². The van der Waals surface area contributed by atoms with Crippen LogP contribution in [-0.4, -0.2) is 21.0 Å². The van der Waals surface area contributed by atoms with E-state index in [1.165, 1.54) is 5.56 Å². The molecule has 0 bridgehead atoms. The van der Waals surface area contributed by atoms with Crippen molar-refractivity contribution in [2.75, 3.05) is 0 Å². The Hall–Kier alpha value is -3.01. The highest BCUT2D eigenvalue weighted by molar-refractivity contribution is 5.88. The number of unbranched alkanes of at least 4 members (excludes halogenated alkanes) is 1. The average Bonchev–Trinajstić information content (AvgIpc) is 2.72. The molecule has 0 spiro atoms. The van der Waals surface area contributed by atoms with Crippen molar-refractivity contribution in [3.8, 4) is 22.5 Å².